The Kier molecular flexibility index (Phi) is 10.9. The molecular weight excluding hydrogens is 534 g/mol. The van der Waals surface area contributed by atoms with Gasteiger partial charge in [0, 0.05) is 29.7 Å². The SMILES string of the molecule is Cc1ccc(C(C)NCc2ccc(-c3ccc(Cl)c(CCNCCC4CCN(C(=O)OC(C)(C)C)CC4)c3)o2)cc1. The Balaban J connectivity index is 1.18. The molecule has 1 aliphatic rings. The summed E-state index contributed by atoms with van der Waals surface area (Å²) >= 11 is 6.54. The van der Waals surface area contributed by atoms with E-state index in [0.29, 0.717) is 12.5 Å². The molecule has 2 aromatic carbocycles. The van der Waals surface area contributed by atoms with Crippen LogP contribution in [0.3, 0.4) is 0 Å². The molecule has 1 aliphatic heterocycles. The topological polar surface area (TPSA) is 66.7 Å². The van der Waals surface area contributed by atoms with Gasteiger partial charge in [0.25, 0.3) is 0 Å². The van der Waals surface area contributed by atoms with E-state index in [1.165, 1.54) is 11.1 Å². The summed E-state index contributed by atoms with van der Waals surface area (Å²) in [5.74, 6) is 2.40. The standard InChI is InChI=1S/C34H46ClN3O3/c1-24-6-8-27(9-7-24)25(2)37-23-30-11-13-32(40-30)29-10-12-31(35)28(22-29)15-19-36-18-14-26-16-20-38(21-17-26)33(39)41-34(3,4)5/h6-13,22,25-26,36-37H,14-21,23H2,1-5H3. The van der Waals surface area contributed by atoms with Gasteiger partial charge in [-0.15, -0.1) is 0 Å². The Morgan fingerprint density at radius 1 is 1.07 bits per heavy atom. The number of rotatable bonds is 11. The molecule has 2 heterocycles. The van der Waals surface area contributed by atoms with Crippen molar-refractivity contribution in [2.24, 2.45) is 5.92 Å². The molecule has 0 saturated carbocycles. The fraction of sp³-hybridized carbons (Fsp3) is 0.500. The number of hydrogen-bond acceptors (Lipinski definition) is 5. The molecule has 1 aromatic heterocycles. The lowest BCUT2D eigenvalue weighted by molar-refractivity contribution is 0.0181. The Morgan fingerprint density at radius 3 is 2.51 bits per heavy atom. The first-order valence-corrected chi connectivity index (χ1v) is 15.3. The second kappa shape index (κ2) is 14.4. The molecule has 4 rings (SSSR count). The van der Waals surface area contributed by atoms with Gasteiger partial charge in [-0.1, -0.05) is 41.4 Å². The molecule has 6 nitrogen and oxygen atoms in total. The van der Waals surface area contributed by atoms with Crippen molar-refractivity contribution in [3.05, 3.63) is 82.1 Å². The van der Waals surface area contributed by atoms with Crippen molar-refractivity contribution in [1.82, 2.24) is 15.5 Å². The first-order chi connectivity index (χ1) is 19.6. The number of hydrogen-bond donors (Lipinski definition) is 2. The first kappa shape index (κ1) is 31.1. The highest BCUT2D eigenvalue weighted by Crippen LogP contribution is 2.28. The molecule has 7 heteroatoms. The van der Waals surface area contributed by atoms with E-state index in [0.717, 1.165) is 79.5 Å². The lowest BCUT2D eigenvalue weighted by atomic mass is 9.94. The predicted molar refractivity (Wildman–Crippen MR) is 167 cm³/mol. The van der Waals surface area contributed by atoms with Gasteiger partial charge in [0.1, 0.15) is 17.1 Å². The van der Waals surface area contributed by atoms with Crippen molar-refractivity contribution < 1.29 is 13.9 Å². The van der Waals surface area contributed by atoms with E-state index in [9.17, 15) is 4.79 Å². The third-order valence-corrected chi connectivity index (χ3v) is 8.09. The number of likely N-dealkylation sites (tertiary alicyclic amines) is 1. The maximum Gasteiger partial charge on any atom is 0.410 e. The molecule has 1 saturated heterocycles. The van der Waals surface area contributed by atoms with Gasteiger partial charge in [0.2, 0.25) is 0 Å². The van der Waals surface area contributed by atoms with E-state index >= 15 is 0 Å². The van der Waals surface area contributed by atoms with Crippen LogP contribution in [0.4, 0.5) is 4.79 Å². The van der Waals surface area contributed by atoms with Crippen LogP contribution in [0.1, 0.15) is 75.4 Å². The lowest BCUT2D eigenvalue weighted by Gasteiger charge is -2.33. The highest BCUT2D eigenvalue weighted by molar-refractivity contribution is 6.31. The highest BCUT2D eigenvalue weighted by atomic mass is 35.5. The number of amides is 1. The summed E-state index contributed by atoms with van der Waals surface area (Å²) in [7, 11) is 0. The molecule has 0 aliphatic carbocycles. The molecule has 3 aromatic rings. The van der Waals surface area contributed by atoms with E-state index in [1.54, 1.807) is 0 Å². The van der Waals surface area contributed by atoms with Gasteiger partial charge in [0.15, 0.2) is 0 Å². The molecule has 0 radical (unpaired) electrons. The van der Waals surface area contributed by atoms with Crippen LogP contribution in [0.5, 0.6) is 0 Å². The zero-order chi connectivity index (χ0) is 29.4. The van der Waals surface area contributed by atoms with E-state index in [1.807, 2.05) is 49.9 Å². The lowest BCUT2D eigenvalue weighted by Crippen LogP contribution is -2.42. The van der Waals surface area contributed by atoms with Gasteiger partial charge in [-0.3, -0.25) is 0 Å². The van der Waals surface area contributed by atoms with Crippen LogP contribution in [0.15, 0.2) is 59.0 Å². The molecule has 41 heavy (non-hydrogen) atoms. The van der Waals surface area contributed by atoms with Crippen LogP contribution in [0.2, 0.25) is 5.02 Å². The van der Waals surface area contributed by atoms with Gasteiger partial charge in [-0.25, -0.2) is 4.79 Å². The van der Waals surface area contributed by atoms with Crippen molar-refractivity contribution in [2.75, 3.05) is 26.2 Å². The van der Waals surface area contributed by atoms with Gasteiger partial charge in [-0.05, 0) is 121 Å². The summed E-state index contributed by atoms with van der Waals surface area (Å²) in [6.45, 7) is 14.1. The molecule has 0 spiro atoms. The highest BCUT2D eigenvalue weighted by Gasteiger charge is 2.26. The van der Waals surface area contributed by atoms with Crippen molar-refractivity contribution in [3.8, 4) is 11.3 Å². The van der Waals surface area contributed by atoms with Crippen molar-refractivity contribution in [2.45, 2.75) is 78.5 Å². The van der Waals surface area contributed by atoms with Crippen LogP contribution in [0, 0.1) is 12.8 Å². The number of ether oxygens (including phenoxy) is 1. The van der Waals surface area contributed by atoms with Crippen LogP contribution in [-0.2, 0) is 17.7 Å². The van der Waals surface area contributed by atoms with Crippen molar-refractivity contribution in [3.63, 3.8) is 0 Å². The summed E-state index contributed by atoms with van der Waals surface area (Å²) < 4.78 is 11.7. The zero-order valence-electron chi connectivity index (χ0n) is 25.3. The molecule has 2 N–H and O–H groups in total. The number of furan rings is 1. The minimum absolute atomic E-state index is 0.191. The third-order valence-electron chi connectivity index (χ3n) is 7.72. The fourth-order valence-electron chi connectivity index (χ4n) is 5.16. The summed E-state index contributed by atoms with van der Waals surface area (Å²) in [5.41, 5.74) is 4.25. The van der Waals surface area contributed by atoms with Gasteiger partial charge >= 0.3 is 6.09 Å². The number of halogens is 1. The molecule has 0 bridgehead atoms. The number of piperidine rings is 1. The molecule has 1 atom stereocenters. The minimum atomic E-state index is -0.445. The maximum atomic E-state index is 12.3. The Morgan fingerprint density at radius 2 is 1.80 bits per heavy atom. The average molecular weight is 580 g/mol. The van der Waals surface area contributed by atoms with Crippen LogP contribution < -0.4 is 10.6 Å². The normalized spacial score (nSPS) is 15.2. The Labute approximate surface area is 250 Å². The first-order valence-electron chi connectivity index (χ1n) is 14.9. The molecule has 1 unspecified atom stereocenters. The number of benzene rings is 2. The summed E-state index contributed by atoms with van der Waals surface area (Å²) in [6.07, 6.45) is 3.83. The number of aryl methyl sites for hydroxylation is 1. The van der Waals surface area contributed by atoms with Crippen molar-refractivity contribution in [1.29, 1.82) is 0 Å². The third kappa shape index (κ3) is 9.63. The average Bonchev–Trinajstić information content (AvgIpc) is 3.41. The fourth-order valence-corrected chi connectivity index (χ4v) is 5.37. The summed E-state index contributed by atoms with van der Waals surface area (Å²) in [4.78, 5) is 14.1. The smallest absolute Gasteiger partial charge is 0.410 e. The van der Waals surface area contributed by atoms with E-state index in [4.69, 9.17) is 20.8 Å². The van der Waals surface area contributed by atoms with Gasteiger partial charge in [-0.2, -0.15) is 0 Å². The van der Waals surface area contributed by atoms with E-state index in [-0.39, 0.29) is 12.1 Å². The van der Waals surface area contributed by atoms with Crippen molar-refractivity contribution >= 4 is 17.7 Å². The van der Waals surface area contributed by atoms with Gasteiger partial charge < -0.3 is 24.7 Å². The summed E-state index contributed by atoms with van der Waals surface area (Å²) in [5, 5.41) is 7.92. The van der Waals surface area contributed by atoms with E-state index < -0.39 is 5.60 Å². The second-order valence-electron chi connectivity index (χ2n) is 12.3. The van der Waals surface area contributed by atoms with Crippen LogP contribution in [0.25, 0.3) is 11.3 Å². The number of nitrogens with one attached hydrogen (secondary N) is 2. The molecule has 1 fully saturated rings. The maximum absolute atomic E-state index is 12.3. The van der Waals surface area contributed by atoms with Crippen LogP contribution >= 0.6 is 11.6 Å². The largest absolute Gasteiger partial charge is 0.460 e. The second-order valence-corrected chi connectivity index (χ2v) is 12.7. The quantitative estimate of drug-likeness (QED) is 0.226. The van der Waals surface area contributed by atoms with E-state index in [2.05, 4.69) is 54.8 Å². The number of carbonyl (C=O) groups is 1. The van der Waals surface area contributed by atoms with Gasteiger partial charge in [0.05, 0.1) is 6.54 Å². The van der Waals surface area contributed by atoms with Crippen LogP contribution in [-0.4, -0.2) is 42.8 Å². The molecular formula is C34H46ClN3O3. The minimum Gasteiger partial charge on any atom is -0.460 e. The zero-order valence-corrected chi connectivity index (χ0v) is 26.0. The number of carbonyl (C=O) groups excluding carboxylic acids is 1. The Bertz CT molecular complexity index is 1260. The predicted octanol–water partition coefficient (Wildman–Crippen LogP) is 7.93. The Hall–Kier alpha value is -2.80. The molecule has 1 amide bonds. The summed E-state index contributed by atoms with van der Waals surface area (Å²) in [6, 6.07) is 19.1. The molecule has 222 valence electrons. The number of nitrogens with zero attached hydrogens (tertiary/aromatic N) is 1. The monoisotopic (exact) mass is 579 g/mol.